The van der Waals surface area contributed by atoms with Crippen LogP contribution in [-0.4, -0.2) is 35.6 Å². The van der Waals surface area contributed by atoms with E-state index in [9.17, 15) is 0 Å². The Bertz CT molecular complexity index is 390. The smallest absolute Gasteiger partial charge is 0.113 e. The Labute approximate surface area is 109 Å². The normalized spacial score (nSPS) is 60.0. The summed E-state index contributed by atoms with van der Waals surface area (Å²) in [6, 6.07) is 0. The Morgan fingerprint density at radius 3 is 2.22 bits per heavy atom. The van der Waals surface area contributed by atoms with Crippen LogP contribution in [0.4, 0.5) is 0 Å². The Morgan fingerprint density at radius 1 is 0.944 bits per heavy atom. The van der Waals surface area contributed by atoms with E-state index in [1.54, 1.807) is 0 Å². The SMILES string of the molecule is CC1(C)CC(OC2CCC3(C)OC23)C2OC2(C)C1. The molecule has 0 aromatic heterocycles. The van der Waals surface area contributed by atoms with Crippen molar-refractivity contribution < 1.29 is 14.2 Å². The summed E-state index contributed by atoms with van der Waals surface area (Å²) in [7, 11) is 0. The van der Waals surface area contributed by atoms with Gasteiger partial charge in [0.15, 0.2) is 0 Å². The molecule has 0 bridgehead atoms. The molecule has 18 heavy (non-hydrogen) atoms. The van der Waals surface area contributed by atoms with Crippen molar-refractivity contribution in [3.8, 4) is 0 Å². The largest absolute Gasteiger partial charge is 0.369 e. The second kappa shape index (κ2) is 3.13. The second-order valence-corrected chi connectivity index (χ2v) is 8.00. The summed E-state index contributed by atoms with van der Waals surface area (Å²) in [6.45, 7) is 9.11. The molecule has 0 aromatic rings. The summed E-state index contributed by atoms with van der Waals surface area (Å²) < 4.78 is 18.1. The summed E-state index contributed by atoms with van der Waals surface area (Å²) in [6.07, 6.45) is 5.85. The molecular weight excluding hydrogens is 228 g/mol. The van der Waals surface area contributed by atoms with Crippen LogP contribution in [0.15, 0.2) is 0 Å². The van der Waals surface area contributed by atoms with Gasteiger partial charge in [0, 0.05) is 0 Å². The van der Waals surface area contributed by atoms with Gasteiger partial charge in [-0.1, -0.05) is 13.8 Å². The molecule has 4 rings (SSSR count). The van der Waals surface area contributed by atoms with Crippen molar-refractivity contribution in [3.05, 3.63) is 0 Å². The van der Waals surface area contributed by atoms with Gasteiger partial charge in [0.25, 0.3) is 0 Å². The van der Waals surface area contributed by atoms with Crippen LogP contribution in [-0.2, 0) is 14.2 Å². The van der Waals surface area contributed by atoms with Gasteiger partial charge in [-0.25, -0.2) is 0 Å². The summed E-state index contributed by atoms with van der Waals surface area (Å²) in [4.78, 5) is 0. The van der Waals surface area contributed by atoms with Crippen LogP contribution in [0, 0.1) is 5.41 Å². The van der Waals surface area contributed by atoms with Gasteiger partial charge in [-0.05, 0) is 44.9 Å². The van der Waals surface area contributed by atoms with Crippen molar-refractivity contribution in [2.24, 2.45) is 5.41 Å². The van der Waals surface area contributed by atoms with E-state index in [0.717, 1.165) is 25.7 Å². The standard InChI is InChI=1S/C15H24O3/c1-13(2)7-10(12-15(4,8-13)18-12)16-9-5-6-14(3)11(9)17-14/h9-12H,5-8H2,1-4H3. The van der Waals surface area contributed by atoms with Gasteiger partial charge in [-0.2, -0.15) is 0 Å². The molecule has 0 aromatic carbocycles. The Morgan fingerprint density at radius 2 is 1.61 bits per heavy atom. The first-order valence-corrected chi connectivity index (χ1v) is 7.33. The van der Waals surface area contributed by atoms with E-state index in [2.05, 4.69) is 27.7 Å². The summed E-state index contributed by atoms with van der Waals surface area (Å²) in [5.41, 5.74) is 0.556. The summed E-state index contributed by atoms with van der Waals surface area (Å²) in [5.74, 6) is 0. The highest BCUT2D eigenvalue weighted by molar-refractivity contribution is 5.13. The predicted octanol–water partition coefficient (Wildman–Crippen LogP) is 2.67. The zero-order valence-corrected chi connectivity index (χ0v) is 11.9. The maximum Gasteiger partial charge on any atom is 0.113 e. The molecule has 0 N–H and O–H groups in total. The molecule has 0 radical (unpaired) electrons. The summed E-state index contributed by atoms with van der Waals surface area (Å²) >= 11 is 0. The maximum atomic E-state index is 6.38. The molecule has 3 heteroatoms. The first-order valence-electron chi connectivity index (χ1n) is 7.33. The summed E-state index contributed by atoms with van der Waals surface area (Å²) in [5, 5.41) is 0. The number of rotatable bonds is 2. The highest BCUT2D eigenvalue weighted by atomic mass is 16.7. The van der Waals surface area contributed by atoms with Gasteiger partial charge < -0.3 is 14.2 Å². The van der Waals surface area contributed by atoms with E-state index in [4.69, 9.17) is 14.2 Å². The zero-order valence-electron chi connectivity index (χ0n) is 11.9. The van der Waals surface area contributed by atoms with E-state index in [0.29, 0.717) is 23.7 Å². The van der Waals surface area contributed by atoms with Crippen LogP contribution in [0.2, 0.25) is 0 Å². The first-order chi connectivity index (χ1) is 8.31. The second-order valence-electron chi connectivity index (χ2n) is 8.00. The van der Waals surface area contributed by atoms with Crippen molar-refractivity contribution >= 4 is 0 Å². The quantitative estimate of drug-likeness (QED) is 0.709. The molecule has 4 aliphatic rings. The van der Waals surface area contributed by atoms with Crippen molar-refractivity contribution in [2.75, 3.05) is 0 Å². The zero-order chi connectivity index (χ0) is 12.8. The lowest BCUT2D eigenvalue weighted by Crippen LogP contribution is -2.41. The minimum Gasteiger partial charge on any atom is -0.369 e. The van der Waals surface area contributed by atoms with Gasteiger partial charge in [0.1, 0.15) is 12.2 Å². The third kappa shape index (κ3) is 1.60. The van der Waals surface area contributed by atoms with Gasteiger partial charge >= 0.3 is 0 Å². The number of fused-ring (bicyclic) bond motifs is 2. The lowest BCUT2D eigenvalue weighted by Gasteiger charge is -2.36. The van der Waals surface area contributed by atoms with Gasteiger partial charge in [-0.3, -0.25) is 0 Å². The number of hydrogen-bond acceptors (Lipinski definition) is 3. The molecule has 2 heterocycles. The number of ether oxygens (including phenoxy) is 3. The van der Waals surface area contributed by atoms with E-state index in [-0.39, 0.29) is 17.3 Å². The monoisotopic (exact) mass is 252 g/mol. The van der Waals surface area contributed by atoms with Crippen molar-refractivity contribution in [3.63, 3.8) is 0 Å². The molecule has 102 valence electrons. The van der Waals surface area contributed by atoms with Crippen molar-refractivity contribution in [1.82, 2.24) is 0 Å². The van der Waals surface area contributed by atoms with Crippen molar-refractivity contribution in [1.29, 1.82) is 0 Å². The maximum absolute atomic E-state index is 6.38. The Hall–Kier alpha value is -0.120. The van der Waals surface area contributed by atoms with Gasteiger partial charge in [-0.15, -0.1) is 0 Å². The Kier molecular flexibility index (Phi) is 2.03. The molecule has 6 atom stereocenters. The average molecular weight is 252 g/mol. The minimum absolute atomic E-state index is 0.0821. The van der Waals surface area contributed by atoms with Crippen LogP contribution >= 0.6 is 0 Å². The highest BCUT2D eigenvalue weighted by Crippen LogP contribution is 2.57. The molecule has 2 saturated heterocycles. The number of hydrogen-bond donors (Lipinski definition) is 0. The Balaban J connectivity index is 1.46. The van der Waals surface area contributed by atoms with Crippen LogP contribution in [0.1, 0.15) is 53.4 Å². The van der Waals surface area contributed by atoms with Gasteiger partial charge in [0.2, 0.25) is 0 Å². The predicted molar refractivity (Wildman–Crippen MR) is 67.5 cm³/mol. The van der Waals surface area contributed by atoms with E-state index >= 15 is 0 Å². The molecular formula is C15H24O3. The third-order valence-electron chi connectivity index (χ3n) is 5.42. The molecule has 0 spiro atoms. The minimum atomic E-state index is 0.0821. The van der Waals surface area contributed by atoms with Crippen LogP contribution in [0.25, 0.3) is 0 Å². The van der Waals surface area contributed by atoms with E-state index < -0.39 is 0 Å². The van der Waals surface area contributed by atoms with Crippen LogP contribution in [0.3, 0.4) is 0 Å². The number of epoxide rings is 2. The first kappa shape index (κ1) is 11.7. The van der Waals surface area contributed by atoms with Crippen LogP contribution in [0.5, 0.6) is 0 Å². The topological polar surface area (TPSA) is 34.3 Å². The molecule has 2 aliphatic carbocycles. The fourth-order valence-electron chi connectivity index (χ4n) is 4.53. The van der Waals surface area contributed by atoms with Crippen LogP contribution < -0.4 is 0 Å². The average Bonchev–Trinajstić information content (AvgIpc) is 3.05. The molecule has 6 unspecified atom stereocenters. The van der Waals surface area contributed by atoms with E-state index in [1.165, 1.54) is 0 Å². The fraction of sp³-hybridized carbons (Fsp3) is 1.00. The van der Waals surface area contributed by atoms with Gasteiger partial charge in [0.05, 0.1) is 23.4 Å². The lowest BCUT2D eigenvalue weighted by molar-refractivity contribution is -0.0645. The molecule has 0 amide bonds. The van der Waals surface area contributed by atoms with E-state index in [1.807, 2.05) is 0 Å². The molecule has 4 fully saturated rings. The molecule has 3 nitrogen and oxygen atoms in total. The highest BCUT2D eigenvalue weighted by Gasteiger charge is 2.66. The lowest BCUT2D eigenvalue weighted by atomic mass is 9.71. The molecule has 2 aliphatic heterocycles. The fourth-order valence-corrected chi connectivity index (χ4v) is 4.53. The molecule has 2 saturated carbocycles. The third-order valence-corrected chi connectivity index (χ3v) is 5.42. The van der Waals surface area contributed by atoms with Crippen molar-refractivity contribution in [2.45, 2.75) is 89.0 Å².